The third-order valence-electron chi connectivity index (χ3n) is 3.06. The lowest BCUT2D eigenvalue weighted by Gasteiger charge is -2.13. The Hall–Kier alpha value is -2.07. The van der Waals surface area contributed by atoms with Gasteiger partial charge in [0.1, 0.15) is 0 Å². The molecule has 0 aromatic heterocycles. The summed E-state index contributed by atoms with van der Waals surface area (Å²) in [6.45, 7) is 3.18. The summed E-state index contributed by atoms with van der Waals surface area (Å²) in [5, 5.41) is 5.55. The molecule has 2 aromatic carbocycles. The molecule has 2 rings (SSSR count). The second kappa shape index (κ2) is 6.91. The third kappa shape index (κ3) is 3.96. The molecule has 4 heteroatoms. The van der Waals surface area contributed by atoms with Crippen LogP contribution in [0, 0.1) is 0 Å². The minimum absolute atomic E-state index is 0.153. The molecule has 20 heavy (non-hydrogen) atoms. The minimum atomic E-state index is 0.153. The molecule has 1 unspecified atom stereocenters. The maximum Gasteiger partial charge on any atom is 0.189 e. The molecule has 0 fully saturated rings. The number of nitrogens with one attached hydrogen (secondary N) is 1. The highest BCUT2D eigenvalue weighted by Gasteiger charge is 2.01. The van der Waals surface area contributed by atoms with Crippen LogP contribution < -0.4 is 11.1 Å². The Labute approximate surface area is 119 Å². The summed E-state index contributed by atoms with van der Waals surface area (Å²) in [5.74, 6) is 0.447. The van der Waals surface area contributed by atoms with Crippen LogP contribution in [0.2, 0.25) is 0 Å². The number of fused-ring (bicyclic) bond motifs is 1. The maximum atomic E-state index is 5.85. The van der Waals surface area contributed by atoms with Crippen LogP contribution in [-0.4, -0.2) is 25.7 Å². The van der Waals surface area contributed by atoms with E-state index in [9.17, 15) is 0 Å². The zero-order valence-electron chi connectivity index (χ0n) is 12.0. The highest BCUT2D eigenvalue weighted by molar-refractivity contribution is 5.83. The van der Waals surface area contributed by atoms with Crippen molar-refractivity contribution in [1.82, 2.24) is 5.32 Å². The van der Waals surface area contributed by atoms with Gasteiger partial charge in [-0.1, -0.05) is 36.4 Å². The Morgan fingerprint density at radius 3 is 2.75 bits per heavy atom. The molecule has 0 aliphatic carbocycles. The molecule has 0 heterocycles. The Bertz CT molecular complexity index is 595. The molecular weight excluding hydrogens is 250 g/mol. The van der Waals surface area contributed by atoms with Crippen LogP contribution in [0.15, 0.2) is 47.5 Å². The lowest BCUT2D eigenvalue weighted by Crippen LogP contribution is -2.40. The van der Waals surface area contributed by atoms with Gasteiger partial charge in [0.2, 0.25) is 0 Å². The lowest BCUT2D eigenvalue weighted by molar-refractivity contribution is 0.179. The Balaban J connectivity index is 2.01. The molecule has 0 aliphatic rings. The molecule has 4 nitrogen and oxygen atoms in total. The van der Waals surface area contributed by atoms with Crippen LogP contribution in [0.5, 0.6) is 0 Å². The van der Waals surface area contributed by atoms with Crippen molar-refractivity contribution in [3.63, 3.8) is 0 Å². The molecule has 3 N–H and O–H groups in total. The minimum Gasteiger partial charge on any atom is -0.383 e. The first-order chi connectivity index (χ1) is 9.69. The number of hydrogen-bond donors (Lipinski definition) is 2. The number of hydrogen-bond acceptors (Lipinski definition) is 2. The molecular formula is C16H21N3O. The first-order valence-corrected chi connectivity index (χ1v) is 6.72. The number of guanidine groups is 1. The van der Waals surface area contributed by atoms with Crippen molar-refractivity contribution in [2.75, 3.05) is 13.7 Å². The van der Waals surface area contributed by atoms with Gasteiger partial charge in [-0.3, -0.25) is 0 Å². The second-order valence-corrected chi connectivity index (χ2v) is 4.88. The molecule has 0 amide bonds. The average molecular weight is 271 g/mol. The van der Waals surface area contributed by atoms with Gasteiger partial charge in [-0.25, -0.2) is 4.99 Å². The van der Waals surface area contributed by atoms with Crippen LogP contribution in [0.3, 0.4) is 0 Å². The fourth-order valence-electron chi connectivity index (χ4n) is 2.10. The third-order valence-corrected chi connectivity index (χ3v) is 3.06. The number of benzene rings is 2. The van der Waals surface area contributed by atoms with Gasteiger partial charge < -0.3 is 15.8 Å². The fourth-order valence-corrected chi connectivity index (χ4v) is 2.10. The quantitative estimate of drug-likeness (QED) is 0.648. The molecule has 0 bridgehead atoms. The SMILES string of the molecule is COCC(C)NC(N)=NCc1ccc2ccccc2c1. The summed E-state index contributed by atoms with van der Waals surface area (Å²) >= 11 is 0. The number of ether oxygens (including phenoxy) is 1. The van der Waals surface area contributed by atoms with Crippen molar-refractivity contribution in [1.29, 1.82) is 0 Å². The molecule has 106 valence electrons. The van der Waals surface area contributed by atoms with Crippen molar-refractivity contribution < 1.29 is 4.74 Å². The van der Waals surface area contributed by atoms with E-state index in [2.05, 4.69) is 40.6 Å². The topological polar surface area (TPSA) is 59.6 Å². The summed E-state index contributed by atoms with van der Waals surface area (Å²) in [6.07, 6.45) is 0. The molecule has 2 aromatic rings. The number of rotatable bonds is 5. The van der Waals surface area contributed by atoms with E-state index in [4.69, 9.17) is 10.5 Å². The zero-order valence-corrected chi connectivity index (χ0v) is 12.0. The maximum absolute atomic E-state index is 5.85. The average Bonchev–Trinajstić information content (AvgIpc) is 2.45. The van der Waals surface area contributed by atoms with Crippen LogP contribution in [0.4, 0.5) is 0 Å². The Kier molecular flexibility index (Phi) is 4.96. The second-order valence-electron chi connectivity index (χ2n) is 4.88. The van der Waals surface area contributed by atoms with Crippen LogP contribution in [0.25, 0.3) is 10.8 Å². The van der Waals surface area contributed by atoms with E-state index in [1.807, 2.05) is 19.1 Å². The first kappa shape index (κ1) is 14.3. The van der Waals surface area contributed by atoms with Gasteiger partial charge in [-0.15, -0.1) is 0 Å². The van der Waals surface area contributed by atoms with Gasteiger partial charge in [0.25, 0.3) is 0 Å². The number of nitrogens with two attached hydrogens (primary N) is 1. The fraction of sp³-hybridized carbons (Fsp3) is 0.312. The van der Waals surface area contributed by atoms with Crippen molar-refractivity contribution in [3.05, 3.63) is 48.0 Å². The normalized spacial score (nSPS) is 13.4. The lowest BCUT2D eigenvalue weighted by atomic mass is 10.1. The van der Waals surface area contributed by atoms with E-state index >= 15 is 0 Å². The zero-order chi connectivity index (χ0) is 14.4. The predicted octanol–water partition coefficient (Wildman–Crippen LogP) is 2.28. The largest absolute Gasteiger partial charge is 0.383 e. The summed E-state index contributed by atoms with van der Waals surface area (Å²) in [5.41, 5.74) is 6.99. The summed E-state index contributed by atoms with van der Waals surface area (Å²) in [4.78, 5) is 4.35. The van der Waals surface area contributed by atoms with E-state index in [0.717, 1.165) is 5.56 Å². The molecule has 0 saturated carbocycles. The van der Waals surface area contributed by atoms with Crippen LogP contribution >= 0.6 is 0 Å². The van der Waals surface area contributed by atoms with Gasteiger partial charge in [-0.2, -0.15) is 0 Å². The smallest absolute Gasteiger partial charge is 0.189 e. The summed E-state index contributed by atoms with van der Waals surface area (Å²) in [6, 6.07) is 14.8. The van der Waals surface area contributed by atoms with Crippen molar-refractivity contribution >= 4 is 16.7 Å². The van der Waals surface area contributed by atoms with Crippen LogP contribution in [-0.2, 0) is 11.3 Å². The monoisotopic (exact) mass is 271 g/mol. The van der Waals surface area contributed by atoms with E-state index in [0.29, 0.717) is 19.1 Å². The van der Waals surface area contributed by atoms with E-state index in [-0.39, 0.29) is 6.04 Å². The molecule has 0 radical (unpaired) electrons. The van der Waals surface area contributed by atoms with Gasteiger partial charge in [0, 0.05) is 13.2 Å². The molecule has 0 saturated heterocycles. The van der Waals surface area contributed by atoms with Crippen molar-refractivity contribution in [2.24, 2.45) is 10.7 Å². The predicted molar refractivity (Wildman–Crippen MR) is 83.7 cm³/mol. The van der Waals surface area contributed by atoms with Crippen LogP contribution in [0.1, 0.15) is 12.5 Å². The van der Waals surface area contributed by atoms with Crippen molar-refractivity contribution in [3.8, 4) is 0 Å². The first-order valence-electron chi connectivity index (χ1n) is 6.72. The Morgan fingerprint density at radius 2 is 2.00 bits per heavy atom. The number of methoxy groups -OCH3 is 1. The summed E-state index contributed by atoms with van der Waals surface area (Å²) in [7, 11) is 1.67. The van der Waals surface area contributed by atoms with Gasteiger partial charge in [0.15, 0.2) is 5.96 Å². The summed E-state index contributed by atoms with van der Waals surface area (Å²) < 4.78 is 5.04. The molecule has 0 aliphatic heterocycles. The highest BCUT2D eigenvalue weighted by Crippen LogP contribution is 2.15. The highest BCUT2D eigenvalue weighted by atomic mass is 16.5. The van der Waals surface area contributed by atoms with E-state index in [1.165, 1.54) is 10.8 Å². The van der Waals surface area contributed by atoms with Crippen molar-refractivity contribution in [2.45, 2.75) is 19.5 Å². The van der Waals surface area contributed by atoms with E-state index in [1.54, 1.807) is 7.11 Å². The van der Waals surface area contributed by atoms with E-state index < -0.39 is 0 Å². The number of nitrogens with zero attached hydrogens (tertiary/aromatic N) is 1. The standard InChI is InChI=1S/C16H21N3O/c1-12(11-20-2)19-16(17)18-10-13-7-8-14-5-3-4-6-15(14)9-13/h3-9,12H,10-11H2,1-2H3,(H3,17,18,19). The number of aliphatic imine (C=N–C) groups is 1. The Morgan fingerprint density at radius 1 is 1.25 bits per heavy atom. The van der Waals surface area contributed by atoms with Gasteiger partial charge in [0.05, 0.1) is 13.2 Å². The van der Waals surface area contributed by atoms with Gasteiger partial charge >= 0.3 is 0 Å². The van der Waals surface area contributed by atoms with Gasteiger partial charge in [-0.05, 0) is 29.3 Å². The molecule has 1 atom stereocenters. The molecule has 0 spiro atoms.